The minimum Gasteiger partial charge on any atom is -0.497 e. The van der Waals surface area contributed by atoms with Crippen molar-refractivity contribution < 1.29 is 18.7 Å². The zero-order chi connectivity index (χ0) is 21.1. The van der Waals surface area contributed by atoms with Gasteiger partial charge in [-0.3, -0.25) is 4.79 Å². The first-order chi connectivity index (χ1) is 14.5. The Balaban J connectivity index is 1.54. The molecular formula is C23H21ClN2O4. The van der Waals surface area contributed by atoms with Crippen molar-refractivity contribution in [2.24, 2.45) is 5.10 Å². The molecule has 0 radical (unpaired) electrons. The quantitative estimate of drug-likeness (QED) is 0.558. The molecule has 1 aliphatic rings. The minimum atomic E-state index is -0.319. The van der Waals surface area contributed by atoms with Gasteiger partial charge in [0.15, 0.2) is 6.61 Å². The van der Waals surface area contributed by atoms with Gasteiger partial charge in [0.05, 0.1) is 19.1 Å². The van der Waals surface area contributed by atoms with Crippen LogP contribution in [0.15, 0.2) is 70.4 Å². The van der Waals surface area contributed by atoms with Crippen molar-refractivity contribution in [1.29, 1.82) is 0 Å². The van der Waals surface area contributed by atoms with E-state index in [1.54, 1.807) is 37.6 Å². The summed E-state index contributed by atoms with van der Waals surface area (Å²) in [4.78, 5) is 13.0. The molecule has 6 nitrogen and oxygen atoms in total. The summed E-state index contributed by atoms with van der Waals surface area (Å²) < 4.78 is 16.5. The van der Waals surface area contributed by atoms with Gasteiger partial charge < -0.3 is 13.9 Å². The van der Waals surface area contributed by atoms with Crippen LogP contribution >= 0.6 is 11.6 Å². The lowest BCUT2D eigenvalue weighted by molar-refractivity contribution is -0.135. The maximum atomic E-state index is 13.0. The van der Waals surface area contributed by atoms with Gasteiger partial charge >= 0.3 is 0 Å². The lowest BCUT2D eigenvalue weighted by Gasteiger charge is -2.20. The average molecular weight is 425 g/mol. The molecule has 154 valence electrons. The maximum Gasteiger partial charge on any atom is 0.281 e. The summed E-state index contributed by atoms with van der Waals surface area (Å²) in [6.07, 6.45) is 2.14. The van der Waals surface area contributed by atoms with Crippen LogP contribution in [0.1, 0.15) is 29.3 Å². The van der Waals surface area contributed by atoms with Crippen LogP contribution in [0.2, 0.25) is 5.02 Å². The van der Waals surface area contributed by atoms with Gasteiger partial charge in [-0.05, 0) is 72.6 Å². The predicted molar refractivity (Wildman–Crippen MR) is 114 cm³/mol. The van der Waals surface area contributed by atoms with Crippen molar-refractivity contribution in [1.82, 2.24) is 5.01 Å². The van der Waals surface area contributed by atoms with Crippen LogP contribution in [0.5, 0.6) is 11.5 Å². The second-order valence-electron chi connectivity index (χ2n) is 6.95. The number of hydrazone groups is 1. The van der Waals surface area contributed by atoms with E-state index in [0.29, 0.717) is 23.0 Å². The number of hydrogen-bond acceptors (Lipinski definition) is 5. The number of nitrogens with zero attached hydrogens (tertiary/aromatic N) is 2. The fraction of sp³-hybridized carbons (Fsp3) is 0.217. The molecule has 1 atom stereocenters. The van der Waals surface area contributed by atoms with Gasteiger partial charge in [0, 0.05) is 11.4 Å². The van der Waals surface area contributed by atoms with Crippen molar-refractivity contribution in [3.63, 3.8) is 0 Å². The summed E-state index contributed by atoms with van der Waals surface area (Å²) >= 11 is 6.05. The number of carbonyl (C=O) groups excluding carboxylic acids is 1. The van der Waals surface area contributed by atoms with Crippen molar-refractivity contribution in [3.8, 4) is 11.5 Å². The van der Waals surface area contributed by atoms with Gasteiger partial charge in [-0.25, -0.2) is 5.01 Å². The van der Waals surface area contributed by atoms with Gasteiger partial charge in [-0.15, -0.1) is 0 Å². The third kappa shape index (κ3) is 4.19. The van der Waals surface area contributed by atoms with Crippen LogP contribution in [0, 0.1) is 6.92 Å². The zero-order valence-corrected chi connectivity index (χ0v) is 17.4. The van der Waals surface area contributed by atoms with Crippen LogP contribution in [-0.4, -0.2) is 30.3 Å². The Labute approximate surface area is 179 Å². The van der Waals surface area contributed by atoms with Crippen molar-refractivity contribution in [3.05, 3.63) is 82.8 Å². The van der Waals surface area contributed by atoms with Gasteiger partial charge in [0.1, 0.15) is 23.3 Å². The maximum absolute atomic E-state index is 13.0. The molecule has 0 spiro atoms. The topological polar surface area (TPSA) is 64.3 Å². The van der Waals surface area contributed by atoms with E-state index in [2.05, 4.69) is 5.10 Å². The number of benzene rings is 2. The van der Waals surface area contributed by atoms with Crippen LogP contribution in [0.4, 0.5) is 0 Å². The molecule has 0 saturated heterocycles. The molecule has 2 heterocycles. The molecule has 30 heavy (non-hydrogen) atoms. The SMILES string of the molecule is COc1ccc(C2=NN(C(=O)COc3ccc(Cl)c(C)c3)C(c3ccco3)C2)cc1. The zero-order valence-electron chi connectivity index (χ0n) is 16.7. The molecule has 2 aromatic carbocycles. The molecule has 1 aliphatic heterocycles. The summed E-state index contributed by atoms with van der Waals surface area (Å²) in [5.41, 5.74) is 2.61. The van der Waals surface area contributed by atoms with Gasteiger partial charge in [0.25, 0.3) is 5.91 Å². The predicted octanol–water partition coefficient (Wildman–Crippen LogP) is 5.01. The summed E-state index contributed by atoms with van der Waals surface area (Å²) in [7, 11) is 1.62. The molecule has 0 N–H and O–H groups in total. The Bertz CT molecular complexity index is 1060. The summed E-state index contributed by atoms with van der Waals surface area (Å²) in [6, 6.07) is 16.2. The van der Waals surface area contributed by atoms with E-state index in [1.807, 2.05) is 37.3 Å². The second-order valence-corrected chi connectivity index (χ2v) is 7.36. The molecule has 1 aromatic heterocycles. The Kier molecular flexibility index (Phi) is 5.77. The van der Waals surface area contributed by atoms with Gasteiger partial charge in [-0.2, -0.15) is 5.10 Å². The molecule has 7 heteroatoms. The Morgan fingerprint density at radius 2 is 1.97 bits per heavy atom. The van der Waals surface area contributed by atoms with E-state index in [-0.39, 0.29) is 18.6 Å². The standard InChI is InChI=1S/C23H21ClN2O4/c1-15-12-18(9-10-19(15)24)30-14-23(27)26-21(22-4-3-11-29-22)13-20(25-26)16-5-7-17(28-2)8-6-16/h3-12,21H,13-14H2,1-2H3. The van der Waals surface area contributed by atoms with E-state index in [9.17, 15) is 4.79 Å². The first-order valence-corrected chi connectivity index (χ1v) is 9.89. The first-order valence-electron chi connectivity index (χ1n) is 9.51. The lowest BCUT2D eigenvalue weighted by atomic mass is 10.0. The number of aryl methyl sites for hydroxylation is 1. The van der Waals surface area contributed by atoms with Crippen molar-refractivity contribution in [2.45, 2.75) is 19.4 Å². The highest BCUT2D eigenvalue weighted by Gasteiger charge is 2.35. The highest BCUT2D eigenvalue weighted by atomic mass is 35.5. The lowest BCUT2D eigenvalue weighted by Crippen LogP contribution is -2.31. The van der Waals surface area contributed by atoms with E-state index in [4.69, 9.17) is 25.5 Å². The molecular weight excluding hydrogens is 404 g/mol. The molecule has 1 amide bonds. The third-order valence-corrected chi connectivity index (χ3v) is 5.38. The number of carbonyl (C=O) groups is 1. The molecule has 0 saturated carbocycles. The van der Waals surface area contributed by atoms with E-state index < -0.39 is 0 Å². The fourth-order valence-corrected chi connectivity index (χ4v) is 3.44. The van der Waals surface area contributed by atoms with Gasteiger partial charge in [-0.1, -0.05) is 11.6 Å². The largest absolute Gasteiger partial charge is 0.497 e. The normalized spacial score (nSPS) is 15.8. The van der Waals surface area contributed by atoms with Crippen LogP contribution in [0.25, 0.3) is 0 Å². The van der Waals surface area contributed by atoms with Crippen LogP contribution < -0.4 is 9.47 Å². The van der Waals surface area contributed by atoms with Crippen LogP contribution in [-0.2, 0) is 4.79 Å². The molecule has 0 aliphatic carbocycles. The Morgan fingerprint density at radius 3 is 2.63 bits per heavy atom. The fourth-order valence-electron chi connectivity index (χ4n) is 3.32. The first kappa shape index (κ1) is 20.0. The number of amides is 1. The number of hydrogen-bond donors (Lipinski definition) is 0. The smallest absolute Gasteiger partial charge is 0.281 e. The molecule has 0 fully saturated rings. The summed E-state index contributed by atoms with van der Waals surface area (Å²) in [5, 5.41) is 6.69. The number of methoxy groups -OCH3 is 1. The van der Waals surface area contributed by atoms with Crippen molar-refractivity contribution >= 4 is 23.2 Å². The van der Waals surface area contributed by atoms with E-state index in [0.717, 1.165) is 22.6 Å². The number of furan rings is 1. The number of rotatable bonds is 6. The average Bonchev–Trinajstić information content (AvgIpc) is 3.44. The molecule has 1 unspecified atom stereocenters. The monoisotopic (exact) mass is 424 g/mol. The van der Waals surface area contributed by atoms with Gasteiger partial charge in [0.2, 0.25) is 0 Å². The minimum absolute atomic E-state index is 0.141. The highest BCUT2D eigenvalue weighted by Crippen LogP contribution is 2.33. The molecule has 3 aromatic rings. The summed E-state index contributed by atoms with van der Waals surface area (Å²) in [6.45, 7) is 1.74. The third-order valence-electron chi connectivity index (χ3n) is 4.95. The van der Waals surface area contributed by atoms with Crippen molar-refractivity contribution in [2.75, 3.05) is 13.7 Å². The highest BCUT2D eigenvalue weighted by molar-refractivity contribution is 6.31. The second kappa shape index (κ2) is 8.63. The Hall–Kier alpha value is -3.25. The van der Waals surface area contributed by atoms with E-state index >= 15 is 0 Å². The molecule has 0 bridgehead atoms. The van der Waals surface area contributed by atoms with Crippen LogP contribution in [0.3, 0.4) is 0 Å². The van der Waals surface area contributed by atoms with E-state index in [1.165, 1.54) is 5.01 Å². The summed E-state index contributed by atoms with van der Waals surface area (Å²) in [5.74, 6) is 1.77. The number of halogens is 1. The molecule has 4 rings (SSSR count). The number of ether oxygens (including phenoxy) is 2. The Morgan fingerprint density at radius 1 is 1.20 bits per heavy atom.